The predicted molar refractivity (Wildman–Crippen MR) is 74.1 cm³/mol. The third-order valence-electron chi connectivity index (χ3n) is 4.00. The van der Waals surface area contributed by atoms with Crippen molar-refractivity contribution in [3.63, 3.8) is 0 Å². The molecular weight excluding hydrogens is 242 g/mol. The molecule has 1 atom stereocenters. The molecular formula is C14H25N3O2. The van der Waals surface area contributed by atoms with E-state index in [9.17, 15) is 0 Å². The van der Waals surface area contributed by atoms with E-state index in [1.807, 2.05) is 17.9 Å². The highest BCUT2D eigenvalue weighted by molar-refractivity contribution is 5.17. The van der Waals surface area contributed by atoms with Crippen molar-refractivity contribution in [2.75, 3.05) is 27.4 Å². The second-order valence-corrected chi connectivity index (χ2v) is 5.14. The topological polar surface area (TPSA) is 48.3 Å². The second kappa shape index (κ2) is 6.50. The van der Waals surface area contributed by atoms with Gasteiger partial charge in [-0.1, -0.05) is 6.92 Å². The minimum absolute atomic E-state index is 0.159. The zero-order chi connectivity index (χ0) is 13.7. The first-order valence-electron chi connectivity index (χ1n) is 7.08. The molecule has 5 heteroatoms. The fraction of sp³-hybridized carbons (Fsp3) is 0.786. The summed E-state index contributed by atoms with van der Waals surface area (Å²) in [4.78, 5) is 0. The number of rotatable bonds is 6. The Bertz CT molecular complexity index is 386. The minimum atomic E-state index is -0.187. The number of nitrogens with zero attached hydrogens (tertiary/aromatic N) is 2. The van der Waals surface area contributed by atoms with Gasteiger partial charge in [0.1, 0.15) is 0 Å². The summed E-state index contributed by atoms with van der Waals surface area (Å²) in [5.41, 5.74) is 1.01. The molecule has 0 saturated carbocycles. The number of nitrogens with one attached hydrogen (secondary N) is 1. The molecule has 1 unspecified atom stereocenters. The zero-order valence-electron chi connectivity index (χ0n) is 12.2. The maximum atomic E-state index is 5.88. The minimum Gasteiger partial charge on any atom is -0.381 e. The Balaban J connectivity index is 2.20. The fourth-order valence-electron chi connectivity index (χ4n) is 2.94. The van der Waals surface area contributed by atoms with E-state index in [0.717, 1.165) is 39.0 Å². The van der Waals surface area contributed by atoms with E-state index in [-0.39, 0.29) is 11.6 Å². The van der Waals surface area contributed by atoms with Gasteiger partial charge in [0.15, 0.2) is 0 Å². The fourth-order valence-corrected chi connectivity index (χ4v) is 2.94. The van der Waals surface area contributed by atoms with Gasteiger partial charge in [0.05, 0.1) is 17.8 Å². The van der Waals surface area contributed by atoms with Crippen molar-refractivity contribution < 1.29 is 9.47 Å². The average Bonchev–Trinajstić information content (AvgIpc) is 2.89. The normalized spacial score (nSPS) is 20.4. The van der Waals surface area contributed by atoms with Crippen LogP contribution < -0.4 is 5.32 Å². The van der Waals surface area contributed by atoms with E-state index in [1.54, 1.807) is 7.11 Å². The lowest BCUT2D eigenvalue weighted by Crippen LogP contribution is -2.48. The van der Waals surface area contributed by atoms with Crippen LogP contribution in [0.5, 0.6) is 0 Å². The molecule has 1 saturated heterocycles. The quantitative estimate of drug-likeness (QED) is 0.853. The van der Waals surface area contributed by atoms with Gasteiger partial charge >= 0.3 is 0 Å². The lowest BCUT2D eigenvalue weighted by molar-refractivity contribution is -0.110. The predicted octanol–water partition coefficient (Wildman–Crippen LogP) is 1.75. The number of hydrogen-bond donors (Lipinski definition) is 1. The number of aromatic nitrogens is 2. The highest BCUT2D eigenvalue weighted by atomic mass is 16.5. The van der Waals surface area contributed by atoms with Gasteiger partial charge in [-0.3, -0.25) is 4.68 Å². The van der Waals surface area contributed by atoms with Crippen LogP contribution in [0.1, 0.15) is 37.8 Å². The van der Waals surface area contributed by atoms with Crippen molar-refractivity contribution in [1.29, 1.82) is 0 Å². The Labute approximate surface area is 115 Å². The molecule has 1 aliphatic rings. The van der Waals surface area contributed by atoms with Gasteiger partial charge in [-0.25, -0.2) is 0 Å². The van der Waals surface area contributed by atoms with Crippen LogP contribution in [0.4, 0.5) is 0 Å². The molecule has 0 spiro atoms. The number of aryl methyl sites for hydroxylation is 1. The van der Waals surface area contributed by atoms with Crippen LogP contribution in [0.15, 0.2) is 12.4 Å². The van der Waals surface area contributed by atoms with Gasteiger partial charge in [-0.05, 0) is 13.5 Å². The Kier molecular flexibility index (Phi) is 4.96. The molecule has 2 rings (SSSR count). The largest absolute Gasteiger partial charge is 0.381 e. The second-order valence-electron chi connectivity index (χ2n) is 5.14. The van der Waals surface area contributed by atoms with Crippen molar-refractivity contribution in [3.8, 4) is 0 Å². The molecule has 0 aromatic carbocycles. The summed E-state index contributed by atoms with van der Waals surface area (Å²) in [6, 6.07) is 0.159. The van der Waals surface area contributed by atoms with Gasteiger partial charge in [0.2, 0.25) is 0 Å². The summed E-state index contributed by atoms with van der Waals surface area (Å²) in [5.74, 6) is 0. The Morgan fingerprint density at radius 3 is 2.84 bits per heavy atom. The van der Waals surface area contributed by atoms with Gasteiger partial charge in [-0.2, -0.15) is 5.10 Å². The Morgan fingerprint density at radius 2 is 2.26 bits per heavy atom. The number of hydrogen-bond acceptors (Lipinski definition) is 4. The van der Waals surface area contributed by atoms with E-state index in [4.69, 9.17) is 9.47 Å². The van der Waals surface area contributed by atoms with E-state index in [0.29, 0.717) is 0 Å². The zero-order valence-corrected chi connectivity index (χ0v) is 12.2. The molecule has 19 heavy (non-hydrogen) atoms. The van der Waals surface area contributed by atoms with Crippen molar-refractivity contribution in [2.24, 2.45) is 0 Å². The van der Waals surface area contributed by atoms with Crippen LogP contribution in [-0.4, -0.2) is 42.8 Å². The van der Waals surface area contributed by atoms with Crippen molar-refractivity contribution >= 4 is 0 Å². The monoisotopic (exact) mass is 267 g/mol. The van der Waals surface area contributed by atoms with Crippen LogP contribution in [0.25, 0.3) is 0 Å². The lowest BCUT2D eigenvalue weighted by atomic mass is 9.83. The van der Waals surface area contributed by atoms with Gasteiger partial charge in [0, 0.05) is 51.5 Å². The van der Waals surface area contributed by atoms with Crippen molar-refractivity contribution in [3.05, 3.63) is 18.0 Å². The van der Waals surface area contributed by atoms with Crippen LogP contribution in [0.2, 0.25) is 0 Å². The molecule has 0 aliphatic carbocycles. The van der Waals surface area contributed by atoms with Gasteiger partial charge in [0.25, 0.3) is 0 Å². The summed E-state index contributed by atoms with van der Waals surface area (Å²) >= 11 is 0. The van der Waals surface area contributed by atoms with Gasteiger partial charge < -0.3 is 14.8 Å². The molecule has 0 radical (unpaired) electrons. The summed E-state index contributed by atoms with van der Waals surface area (Å²) in [6.07, 6.45) is 6.99. The van der Waals surface area contributed by atoms with Gasteiger partial charge in [-0.15, -0.1) is 0 Å². The molecule has 1 aromatic rings. The molecule has 1 N–H and O–H groups in total. The highest BCUT2D eigenvalue weighted by Crippen LogP contribution is 2.36. The summed E-state index contributed by atoms with van der Waals surface area (Å²) in [5, 5.41) is 7.83. The molecule has 108 valence electrons. The first-order valence-corrected chi connectivity index (χ1v) is 7.08. The maximum absolute atomic E-state index is 5.88. The van der Waals surface area contributed by atoms with Crippen molar-refractivity contribution in [2.45, 2.75) is 44.4 Å². The van der Waals surface area contributed by atoms with E-state index in [1.165, 1.54) is 5.56 Å². The first-order chi connectivity index (χ1) is 9.25. The maximum Gasteiger partial charge on any atom is 0.0917 e. The molecule has 1 fully saturated rings. The van der Waals surface area contributed by atoms with Crippen molar-refractivity contribution in [1.82, 2.24) is 15.1 Å². The SMILES string of the molecule is CCCn1cc(C(NC)C2(OC)CCOCC2)cn1. The first kappa shape index (κ1) is 14.5. The third kappa shape index (κ3) is 2.99. The summed E-state index contributed by atoms with van der Waals surface area (Å²) in [7, 11) is 3.78. The summed E-state index contributed by atoms with van der Waals surface area (Å²) in [6.45, 7) is 4.63. The summed E-state index contributed by atoms with van der Waals surface area (Å²) < 4.78 is 13.4. The smallest absolute Gasteiger partial charge is 0.0917 e. The average molecular weight is 267 g/mol. The van der Waals surface area contributed by atoms with E-state index in [2.05, 4.69) is 23.5 Å². The van der Waals surface area contributed by atoms with E-state index >= 15 is 0 Å². The Morgan fingerprint density at radius 1 is 1.53 bits per heavy atom. The third-order valence-corrected chi connectivity index (χ3v) is 4.00. The van der Waals surface area contributed by atoms with Crippen LogP contribution >= 0.6 is 0 Å². The molecule has 0 bridgehead atoms. The van der Waals surface area contributed by atoms with E-state index < -0.39 is 0 Å². The standard InChI is InChI=1S/C14H25N3O2/c1-4-7-17-11-12(10-16-17)13(15-2)14(18-3)5-8-19-9-6-14/h10-11,13,15H,4-9H2,1-3H3. The van der Waals surface area contributed by atoms with Crippen LogP contribution in [-0.2, 0) is 16.0 Å². The number of methoxy groups -OCH3 is 1. The van der Waals surface area contributed by atoms with Crippen LogP contribution in [0.3, 0.4) is 0 Å². The number of likely N-dealkylation sites (N-methyl/N-ethyl adjacent to an activating group) is 1. The molecule has 2 heterocycles. The number of ether oxygens (including phenoxy) is 2. The molecule has 5 nitrogen and oxygen atoms in total. The lowest BCUT2D eigenvalue weighted by Gasteiger charge is -2.41. The molecule has 1 aliphatic heterocycles. The van der Waals surface area contributed by atoms with Crippen LogP contribution in [0, 0.1) is 0 Å². The molecule has 0 amide bonds. The Hall–Kier alpha value is -0.910. The molecule has 1 aromatic heterocycles. The highest BCUT2D eigenvalue weighted by Gasteiger charge is 2.41.